The van der Waals surface area contributed by atoms with Crippen LogP contribution in [0.3, 0.4) is 0 Å². The van der Waals surface area contributed by atoms with Crippen molar-refractivity contribution >= 4 is 24.0 Å². The summed E-state index contributed by atoms with van der Waals surface area (Å²) in [4.78, 5) is 8.59. The largest absolute Gasteiger partial charge is 0.306 e. The first-order valence-electron chi connectivity index (χ1n) is 5.96. The van der Waals surface area contributed by atoms with E-state index in [9.17, 15) is 0 Å². The van der Waals surface area contributed by atoms with Gasteiger partial charge in [-0.1, -0.05) is 0 Å². The molecular formula is C12H20N2S2. The van der Waals surface area contributed by atoms with Gasteiger partial charge in [0.2, 0.25) is 0 Å². The topological polar surface area (TPSA) is 16.1 Å². The van der Waals surface area contributed by atoms with Crippen LogP contribution in [0.4, 0.5) is 0 Å². The summed E-state index contributed by atoms with van der Waals surface area (Å²) in [6, 6.07) is 0. The van der Waals surface area contributed by atoms with Crippen LogP contribution in [-0.2, 0) is 6.42 Å². The lowest BCUT2D eigenvalue weighted by Crippen LogP contribution is -2.29. The number of thiol groups is 1. The molecule has 0 spiro atoms. The van der Waals surface area contributed by atoms with E-state index >= 15 is 0 Å². The summed E-state index contributed by atoms with van der Waals surface area (Å²) in [6.45, 7) is 4.56. The molecule has 1 aromatic heterocycles. The molecule has 90 valence electrons. The minimum Gasteiger partial charge on any atom is -0.306 e. The molecule has 0 radical (unpaired) electrons. The highest BCUT2D eigenvalue weighted by atomic mass is 32.1. The number of hydrogen-bond donors (Lipinski definition) is 1. The second-order valence-corrected chi connectivity index (χ2v) is 6.17. The molecule has 1 aliphatic rings. The maximum Gasteiger partial charge on any atom is 0.0962 e. The fourth-order valence-corrected chi connectivity index (χ4v) is 3.82. The summed E-state index contributed by atoms with van der Waals surface area (Å²) in [5.41, 5.74) is 1.23. The lowest BCUT2D eigenvalue weighted by molar-refractivity contribution is 0.255. The van der Waals surface area contributed by atoms with E-state index < -0.39 is 0 Å². The Morgan fingerprint density at radius 1 is 1.44 bits per heavy atom. The van der Waals surface area contributed by atoms with Crippen LogP contribution in [0.1, 0.15) is 34.3 Å². The molecule has 0 bridgehead atoms. The van der Waals surface area contributed by atoms with Crippen molar-refractivity contribution in [2.45, 2.75) is 32.1 Å². The molecule has 0 unspecified atom stereocenters. The van der Waals surface area contributed by atoms with Crippen molar-refractivity contribution in [1.29, 1.82) is 0 Å². The lowest BCUT2D eigenvalue weighted by atomic mass is 9.98. The molecule has 1 aromatic rings. The number of nitrogens with zero attached hydrogens (tertiary/aromatic N) is 2. The van der Waals surface area contributed by atoms with Crippen LogP contribution in [0.15, 0.2) is 0 Å². The number of hydrogen-bond acceptors (Lipinski definition) is 4. The van der Waals surface area contributed by atoms with Crippen molar-refractivity contribution in [3.63, 3.8) is 0 Å². The van der Waals surface area contributed by atoms with E-state index in [-0.39, 0.29) is 0 Å². The second kappa shape index (κ2) is 5.52. The summed E-state index contributed by atoms with van der Waals surface area (Å²) in [6.07, 6.45) is 3.60. The Balaban J connectivity index is 2.06. The maximum absolute atomic E-state index is 4.74. The third-order valence-electron chi connectivity index (χ3n) is 3.32. The summed E-state index contributed by atoms with van der Waals surface area (Å²) >= 11 is 6.21. The van der Waals surface area contributed by atoms with Crippen molar-refractivity contribution in [2.75, 3.05) is 25.9 Å². The van der Waals surface area contributed by atoms with Crippen molar-refractivity contribution in [3.05, 3.63) is 15.6 Å². The highest BCUT2D eigenvalue weighted by molar-refractivity contribution is 7.80. The Labute approximate surface area is 107 Å². The van der Waals surface area contributed by atoms with E-state index in [1.54, 1.807) is 0 Å². The van der Waals surface area contributed by atoms with Gasteiger partial charge in [-0.25, -0.2) is 4.98 Å². The Bertz CT molecular complexity index is 341. The Hall–Kier alpha value is -0.0600. The molecule has 0 aliphatic carbocycles. The van der Waals surface area contributed by atoms with E-state index in [0.717, 1.165) is 12.2 Å². The quantitative estimate of drug-likeness (QED) is 0.837. The summed E-state index contributed by atoms with van der Waals surface area (Å²) < 4.78 is 0. The van der Waals surface area contributed by atoms with Crippen LogP contribution < -0.4 is 0 Å². The van der Waals surface area contributed by atoms with Gasteiger partial charge >= 0.3 is 0 Å². The molecule has 2 rings (SSSR count). The van der Waals surface area contributed by atoms with Gasteiger partial charge in [-0.3, -0.25) is 0 Å². The smallest absolute Gasteiger partial charge is 0.0962 e. The molecule has 1 saturated heterocycles. The Morgan fingerprint density at radius 3 is 2.75 bits per heavy atom. The highest BCUT2D eigenvalue weighted by Crippen LogP contribution is 2.32. The van der Waals surface area contributed by atoms with Crippen LogP contribution in [-0.4, -0.2) is 35.8 Å². The summed E-state index contributed by atoms with van der Waals surface area (Å²) in [5, 5.41) is 1.36. The molecule has 4 heteroatoms. The van der Waals surface area contributed by atoms with E-state index in [0.29, 0.717) is 5.92 Å². The number of rotatable bonds is 3. The van der Waals surface area contributed by atoms with E-state index in [1.165, 1.54) is 41.5 Å². The molecular weight excluding hydrogens is 236 g/mol. The van der Waals surface area contributed by atoms with Crippen molar-refractivity contribution in [2.24, 2.45) is 0 Å². The molecule has 0 N–H and O–H groups in total. The van der Waals surface area contributed by atoms with Gasteiger partial charge in [0, 0.05) is 10.8 Å². The van der Waals surface area contributed by atoms with Gasteiger partial charge in [-0.05, 0) is 52.1 Å². The predicted octanol–water partition coefficient (Wildman–Crippen LogP) is 2.73. The van der Waals surface area contributed by atoms with E-state index in [2.05, 4.69) is 31.5 Å². The third kappa shape index (κ3) is 2.79. The molecule has 0 aromatic carbocycles. The molecule has 0 saturated carbocycles. The van der Waals surface area contributed by atoms with Crippen LogP contribution in [0.25, 0.3) is 0 Å². The van der Waals surface area contributed by atoms with E-state index in [4.69, 9.17) is 4.98 Å². The first-order valence-corrected chi connectivity index (χ1v) is 7.41. The number of piperidine rings is 1. The fraction of sp³-hybridized carbons (Fsp3) is 0.750. The molecule has 1 fully saturated rings. The van der Waals surface area contributed by atoms with Gasteiger partial charge in [-0.15, -0.1) is 11.3 Å². The molecule has 2 nitrogen and oxygen atoms in total. The first-order chi connectivity index (χ1) is 7.70. The minimum absolute atomic E-state index is 0.702. The van der Waals surface area contributed by atoms with Crippen LogP contribution in [0, 0.1) is 6.92 Å². The number of likely N-dealkylation sites (tertiary alicyclic amines) is 1. The standard InChI is InChI=1S/C12H20N2S2/c1-9-11(5-8-15)16-12(13-9)10-3-6-14(2)7-4-10/h10,15H,3-8H2,1-2H3. The van der Waals surface area contributed by atoms with Crippen molar-refractivity contribution in [1.82, 2.24) is 9.88 Å². The molecule has 1 aliphatic heterocycles. The zero-order valence-corrected chi connectivity index (χ0v) is 11.8. The van der Waals surface area contributed by atoms with Gasteiger partial charge < -0.3 is 4.90 Å². The zero-order valence-electron chi connectivity index (χ0n) is 10.1. The number of aryl methyl sites for hydroxylation is 2. The van der Waals surface area contributed by atoms with Gasteiger partial charge in [0.15, 0.2) is 0 Å². The fourth-order valence-electron chi connectivity index (χ4n) is 2.21. The lowest BCUT2D eigenvalue weighted by Gasteiger charge is -2.27. The minimum atomic E-state index is 0.702. The van der Waals surface area contributed by atoms with Gasteiger partial charge in [0.25, 0.3) is 0 Å². The Morgan fingerprint density at radius 2 is 2.12 bits per heavy atom. The van der Waals surface area contributed by atoms with Gasteiger partial charge in [-0.2, -0.15) is 12.6 Å². The summed E-state index contributed by atoms with van der Waals surface area (Å²) in [7, 11) is 2.20. The molecule has 16 heavy (non-hydrogen) atoms. The van der Waals surface area contributed by atoms with E-state index in [1.807, 2.05) is 11.3 Å². The molecule has 0 amide bonds. The van der Waals surface area contributed by atoms with Crippen molar-refractivity contribution in [3.8, 4) is 0 Å². The maximum atomic E-state index is 4.74. The molecule has 2 heterocycles. The predicted molar refractivity (Wildman–Crippen MR) is 73.9 cm³/mol. The van der Waals surface area contributed by atoms with Crippen LogP contribution >= 0.6 is 24.0 Å². The monoisotopic (exact) mass is 256 g/mol. The van der Waals surface area contributed by atoms with Crippen molar-refractivity contribution < 1.29 is 0 Å². The summed E-state index contributed by atoms with van der Waals surface area (Å²) in [5.74, 6) is 1.63. The molecule has 0 atom stereocenters. The van der Waals surface area contributed by atoms with Gasteiger partial charge in [0.1, 0.15) is 0 Å². The highest BCUT2D eigenvalue weighted by Gasteiger charge is 2.21. The third-order valence-corrected chi connectivity index (χ3v) is 4.92. The Kier molecular flexibility index (Phi) is 4.27. The number of aromatic nitrogens is 1. The first kappa shape index (κ1) is 12.4. The van der Waals surface area contributed by atoms with Gasteiger partial charge in [0.05, 0.1) is 10.7 Å². The zero-order chi connectivity index (χ0) is 11.5. The second-order valence-electron chi connectivity index (χ2n) is 4.61. The van der Waals surface area contributed by atoms with Crippen LogP contribution in [0.2, 0.25) is 0 Å². The normalized spacial score (nSPS) is 19.2. The average Bonchev–Trinajstić information content (AvgIpc) is 2.62. The number of thiazole rings is 1. The average molecular weight is 256 g/mol. The van der Waals surface area contributed by atoms with Crippen LogP contribution in [0.5, 0.6) is 0 Å². The SMILES string of the molecule is Cc1nc(C2CCN(C)CC2)sc1CCS.